The molecule has 2 rings (SSSR count). The van der Waals surface area contributed by atoms with E-state index in [0.29, 0.717) is 6.92 Å². The maximum absolute atomic E-state index is 12.9. The molecule has 1 fully saturated rings. The Morgan fingerprint density at radius 3 is 2.55 bits per heavy atom. The van der Waals surface area contributed by atoms with Gasteiger partial charge in [-0.1, -0.05) is 0 Å². The first kappa shape index (κ1) is 14.4. The molecule has 3 N–H and O–H groups in total. The van der Waals surface area contributed by atoms with Gasteiger partial charge in [0.2, 0.25) is 5.54 Å². The van der Waals surface area contributed by atoms with Gasteiger partial charge >= 0.3 is 12.1 Å². The minimum Gasteiger partial charge on any atom is -0.479 e. The number of halogens is 3. The number of H-pyrrole nitrogens is 1. The topological polar surface area (TPSA) is 95.1 Å². The van der Waals surface area contributed by atoms with Crippen LogP contribution in [0.4, 0.5) is 19.0 Å². The molecule has 9 heteroatoms. The van der Waals surface area contributed by atoms with Crippen molar-refractivity contribution < 1.29 is 23.1 Å². The van der Waals surface area contributed by atoms with Crippen molar-refractivity contribution in [2.75, 3.05) is 5.32 Å². The van der Waals surface area contributed by atoms with Crippen LogP contribution in [0, 0.1) is 0 Å². The molecule has 0 spiro atoms. The molecule has 1 atom stereocenters. The van der Waals surface area contributed by atoms with Crippen molar-refractivity contribution in [3.8, 4) is 0 Å². The Morgan fingerprint density at radius 2 is 2.10 bits per heavy atom. The largest absolute Gasteiger partial charge is 0.479 e. The highest BCUT2D eigenvalue weighted by molar-refractivity contribution is 5.83. The summed E-state index contributed by atoms with van der Waals surface area (Å²) in [6.07, 6.45) is -3.45. The van der Waals surface area contributed by atoms with E-state index >= 15 is 0 Å². The predicted molar refractivity (Wildman–Crippen MR) is 62.6 cm³/mol. The lowest BCUT2D eigenvalue weighted by Crippen LogP contribution is -2.55. The SMILES string of the molecule is CC(Nc1cc(=O)[nH]c(C2CC2)n1)(C(=O)O)C(F)(F)F. The molecule has 0 bridgehead atoms. The molecule has 20 heavy (non-hydrogen) atoms. The first-order chi connectivity index (χ1) is 9.13. The van der Waals surface area contributed by atoms with Crippen LogP contribution in [0.3, 0.4) is 0 Å². The van der Waals surface area contributed by atoms with E-state index in [1.165, 1.54) is 0 Å². The summed E-state index contributed by atoms with van der Waals surface area (Å²) in [6, 6.07) is 0.804. The normalized spacial score (nSPS) is 18.4. The van der Waals surface area contributed by atoms with Crippen LogP contribution in [0.25, 0.3) is 0 Å². The zero-order valence-corrected chi connectivity index (χ0v) is 10.4. The van der Waals surface area contributed by atoms with E-state index in [-0.39, 0.29) is 11.7 Å². The summed E-state index contributed by atoms with van der Waals surface area (Å²) in [7, 11) is 0. The van der Waals surface area contributed by atoms with Crippen molar-refractivity contribution >= 4 is 11.8 Å². The summed E-state index contributed by atoms with van der Waals surface area (Å²) in [4.78, 5) is 28.6. The molecule has 1 aliphatic rings. The smallest absolute Gasteiger partial charge is 0.422 e. The summed E-state index contributed by atoms with van der Waals surface area (Å²) < 4.78 is 38.6. The Balaban J connectivity index is 2.36. The van der Waals surface area contributed by atoms with Crippen molar-refractivity contribution in [3.63, 3.8) is 0 Å². The highest BCUT2D eigenvalue weighted by atomic mass is 19.4. The first-order valence-electron chi connectivity index (χ1n) is 5.83. The molecule has 6 nitrogen and oxygen atoms in total. The lowest BCUT2D eigenvalue weighted by Gasteiger charge is -2.29. The Bertz CT molecular complexity index is 595. The zero-order valence-electron chi connectivity index (χ0n) is 10.4. The lowest BCUT2D eigenvalue weighted by atomic mass is 10.0. The van der Waals surface area contributed by atoms with Crippen LogP contribution in [-0.4, -0.2) is 32.8 Å². The molecular weight excluding hydrogens is 279 g/mol. The first-order valence-corrected chi connectivity index (χ1v) is 5.83. The van der Waals surface area contributed by atoms with Gasteiger partial charge in [0.05, 0.1) is 0 Å². The molecule has 1 unspecified atom stereocenters. The number of anilines is 1. The minimum absolute atomic E-state index is 0.0198. The average Bonchev–Trinajstić information content (AvgIpc) is 3.09. The Hall–Kier alpha value is -2.06. The van der Waals surface area contributed by atoms with Gasteiger partial charge in [-0.2, -0.15) is 13.2 Å². The van der Waals surface area contributed by atoms with Crippen molar-refractivity contribution in [2.45, 2.75) is 37.4 Å². The number of nitrogens with one attached hydrogen (secondary N) is 2. The third-order valence-electron chi connectivity index (χ3n) is 3.10. The standard InChI is InChI=1S/C11H12F3N3O3/c1-10(9(19)20,11(12,13)14)17-6-4-7(18)16-8(15-6)5-2-3-5/h4-5H,2-3H2,1H3,(H,19,20)(H2,15,16,17,18). The van der Waals surface area contributed by atoms with Crippen LogP contribution < -0.4 is 10.9 Å². The highest BCUT2D eigenvalue weighted by Gasteiger charge is 2.58. The minimum atomic E-state index is -5.04. The van der Waals surface area contributed by atoms with Crippen LogP contribution in [0.15, 0.2) is 10.9 Å². The number of aromatic nitrogens is 2. The third kappa shape index (κ3) is 2.61. The summed E-state index contributed by atoms with van der Waals surface area (Å²) in [5.41, 5.74) is -3.84. The average molecular weight is 291 g/mol. The van der Waals surface area contributed by atoms with Gasteiger partial charge in [-0.3, -0.25) is 4.79 Å². The van der Waals surface area contributed by atoms with Crippen LogP contribution in [0.1, 0.15) is 31.5 Å². The number of carboxylic acid groups (broad SMARTS) is 1. The van der Waals surface area contributed by atoms with Crippen LogP contribution in [0.2, 0.25) is 0 Å². The number of aromatic amines is 1. The van der Waals surface area contributed by atoms with Crippen LogP contribution in [0.5, 0.6) is 0 Å². The molecule has 1 aliphatic carbocycles. The van der Waals surface area contributed by atoms with Crippen molar-refractivity contribution in [3.05, 3.63) is 22.2 Å². The molecule has 1 heterocycles. The van der Waals surface area contributed by atoms with Gasteiger partial charge in [0.25, 0.3) is 5.56 Å². The fourth-order valence-electron chi connectivity index (χ4n) is 1.59. The molecule has 0 aromatic carbocycles. The number of alkyl halides is 3. The second-order valence-electron chi connectivity index (χ2n) is 4.84. The Morgan fingerprint density at radius 1 is 1.50 bits per heavy atom. The van der Waals surface area contributed by atoms with E-state index in [4.69, 9.17) is 5.11 Å². The van der Waals surface area contributed by atoms with Crippen molar-refractivity contribution in [1.82, 2.24) is 9.97 Å². The van der Waals surface area contributed by atoms with E-state index in [1.54, 1.807) is 5.32 Å². The summed E-state index contributed by atoms with van der Waals surface area (Å²) >= 11 is 0. The quantitative estimate of drug-likeness (QED) is 0.780. The molecular formula is C11H12F3N3O3. The van der Waals surface area contributed by atoms with Gasteiger partial charge in [-0.05, 0) is 19.8 Å². The van der Waals surface area contributed by atoms with Gasteiger partial charge in [0.15, 0.2) is 0 Å². The molecule has 0 saturated heterocycles. The number of hydrogen-bond acceptors (Lipinski definition) is 4. The Kier molecular flexibility index (Phi) is 3.23. The fraction of sp³-hybridized carbons (Fsp3) is 0.545. The number of carbonyl (C=O) groups is 1. The van der Waals surface area contributed by atoms with Gasteiger partial charge in [0.1, 0.15) is 11.6 Å². The molecule has 0 radical (unpaired) electrons. The Labute approximate surface area is 111 Å². The number of nitrogens with zero attached hydrogens (tertiary/aromatic N) is 1. The van der Waals surface area contributed by atoms with E-state index in [9.17, 15) is 22.8 Å². The molecule has 0 aliphatic heterocycles. The third-order valence-corrected chi connectivity index (χ3v) is 3.10. The van der Waals surface area contributed by atoms with E-state index in [0.717, 1.165) is 18.9 Å². The number of aliphatic carboxylic acids is 1. The number of hydrogen-bond donors (Lipinski definition) is 3. The van der Waals surface area contributed by atoms with Gasteiger partial charge < -0.3 is 15.4 Å². The summed E-state index contributed by atoms with van der Waals surface area (Å²) in [6.45, 7) is 0.481. The maximum Gasteiger partial charge on any atom is 0.422 e. The molecule has 1 aromatic rings. The van der Waals surface area contributed by atoms with E-state index in [1.807, 2.05) is 0 Å². The van der Waals surface area contributed by atoms with Gasteiger partial charge in [-0.25, -0.2) is 9.78 Å². The summed E-state index contributed by atoms with van der Waals surface area (Å²) in [5.74, 6) is -2.21. The van der Waals surface area contributed by atoms with Crippen LogP contribution in [-0.2, 0) is 4.79 Å². The molecule has 1 aromatic heterocycles. The van der Waals surface area contributed by atoms with Gasteiger partial charge in [-0.15, -0.1) is 0 Å². The maximum atomic E-state index is 12.9. The fourth-order valence-corrected chi connectivity index (χ4v) is 1.59. The lowest BCUT2D eigenvalue weighted by molar-refractivity contribution is -0.192. The second kappa shape index (κ2) is 4.50. The predicted octanol–water partition coefficient (Wildman–Crippen LogP) is 1.46. The molecule has 0 amide bonds. The van der Waals surface area contributed by atoms with Crippen molar-refractivity contribution in [1.29, 1.82) is 0 Å². The number of rotatable bonds is 4. The monoisotopic (exact) mass is 291 g/mol. The second-order valence-corrected chi connectivity index (χ2v) is 4.84. The van der Waals surface area contributed by atoms with Crippen LogP contribution >= 0.6 is 0 Å². The molecule has 1 saturated carbocycles. The van der Waals surface area contributed by atoms with E-state index < -0.39 is 29.1 Å². The number of carboxylic acids is 1. The zero-order chi connectivity index (χ0) is 15.1. The molecule has 110 valence electrons. The van der Waals surface area contributed by atoms with Crippen molar-refractivity contribution in [2.24, 2.45) is 0 Å². The van der Waals surface area contributed by atoms with Gasteiger partial charge in [0, 0.05) is 12.0 Å². The van der Waals surface area contributed by atoms with E-state index in [2.05, 4.69) is 9.97 Å². The summed E-state index contributed by atoms with van der Waals surface area (Å²) in [5, 5.41) is 10.6. The highest BCUT2D eigenvalue weighted by Crippen LogP contribution is 2.38.